The molecule has 0 aliphatic carbocycles. The number of nitrogens with zero attached hydrogens (tertiary/aromatic N) is 2. The van der Waals surface area contributed by atoms with Gasteiger partial charge in [-0.25, -0.2) is 0 Å². The lowest BCUT2D eigenvalue weighted by Gasteiger charge is -2.10. The lowest BCUT2D eigenvalue weighted by Crippen LogP contribution is -2.15. The molecule has 0 saturated heterocycles. The number of benzene rings is 2. The van der Waals surface area contributed by atoms with E-state index in [1.165, 1.54) is 5.56 Å². The van der Waals surface area contributed by atoms with Crippen LogP contribution in [0.5, 0.6) is 5.75 Å². The van der Waals surface area contributed by atoms with Gasteiger partial charge < -0.3 is 14.5 Å². The van der Waals surface area contributed by atoms with E-state index < -0.39 is 0 Å². The van der Waals surface area contributed by atoms with Gasteiger partial charge in [-0.1, -0.05) is 42.5 Å². The summed E-state index contributed by atoms with van der Waals surface area (Å²) in [6.45, 7) is 2.50. The van der Waals surface area contributed by atoms with Crippen molar-refractivity contribution in [3.63, 3.8) is 0 Å². The molecule has 4 nitrogen and oxygen atoms in total. The van der Waals surface area contributed by atoms with Crippen LogP contribution in [0.1, 0.15) is 27.9 Å². The average Bonchev–Trinajstić information content (AvgIpc) is 2.63. The van der Waals surface area contributed by atoms with E-state index >= 15 is 0 Å². The summed E-state index contributed by atoms with van der Waals surface area (Å²) in [7, 11) is 8.17. The van der Waals surface area contributed by atoms with Crippen molar-refractivity contribution < 1.29 is 9.53 Å². The van der Waals surface area contributed by atoms with Gasteiger partial charge in [0.2, 0.25) is 0 Å². The van der Waals surface area contributed by atoms with Crippen LogP contribution in [0.2, 0.25) is 0 Å². The molecular weight excluding hydrogens is 336 g/mol. The third-order valence-corrected chi connectivity index (χ3v) is 4.01. The Bertz CT molecular complexity index is 766. The fraction of sp³-hybridized carbons (Fsp3) is 0.348. The lowest BCUT2D eigenvalue weighted by atomic mass is 10.1. The molecule has 27 heavy (non-hydrogen) atoms. The van der Waals surface area contributed by atoms with Crippen LogP contribution in [0.15, 0.2) is 54.6 Å². The fourth-order valence-electron chi connectivity index (χ4n) is 2.74. The maximum Gasteiger partial charge on any atom is 0.185 e. The minimum Gasteiger partial charge on any atom is -0.494 e. The number of hydrogen-bond acceptors (Lipinski definition) is 4. The molecule has 0 heterocycles. The van der Waals surface area contributed by atoms with E-state index in [1.54, 1.807) is 6.08 Å². The van der Waals surface area contributed by atoms with Gasteiger partial charge in [0.15, 0.2) is 5.78 Å². The van der Waals surface area contributed by atoms with Gasteiger partial charge in [0, 0.05) is 18.7 Å². The molecule has 0 spiro atoms. The van der Waals surface area contributed by atoms with E-state index in [0.717, 1.165) is 30.8 Å². The molecule has 0 unspecified atom stereocenters. The summed E-state index contributed by atoms with van der Waals surface area (Å²) in [6, 6.07) is 15.6. The summed E-state index contributed by atoms with van der Waals surface area (Å²) in [5.41, 5.74) is 2.89. The maximum atomic E-state index is 12.5. The van der Waals surface area contributed by atoms with Crippen molar-refractivity contribution in [3.05, 3.63) is 71.3 Å². The van der Waals surface area contributed by atoms with Gasteiger partial charge in [-0.3, -0.25) is 4.79 Å². The first-order valence-corrected chi connectivity index (χ1v) is 9.28. The van der Waals surface area contributed by atoms with Crippen LogP contribution in [0.3, 0.4) is 0 Å². The molecule has 0 fully saturated rings. The molecule has 2 aromatic rings. The summed E-state index contributed by atoms with van der Waals surface area (Å²) in [5.74, 6) is 0.716. The predicted octanol–water partition coefficient (Wildman–Crippen LogP) is 3.97. The largest absolute Gasteiger partial charge is 0.494 e. The first-order valence-electron chi connectivity index (χ1n) is 9.28. The molecule has 144 valence electrons. The monoisotopic (exact) mass is 366 g/mol. The Morgan fingerprint density at radius 3 is 2.52 bits per heavy atom. The quantitative estimate of drug-likeness (QED) is 0.362. The number of carbonyl (C=O) groups excluding carboxylic acids is 1. The van der Waals surface area contributed by atoms with Crippen molar-refractivity contribution in [2.24, 2.45) is 0 Å². The highest BCUT2D eigenvalue weighted by molar-refractivity contribution is 6.07. The predicted molar refractivity (Wildman–Crippen MR) is 112 cm³/mol. The molecule has 0 aliphatic heterocycles. The summed E-state index contributed by atoms with van der Waals surface area (Å²) in [5, 5.41) is 0. The molecule has 0 amide bonds. The van der Waals surface area contributed by atoms with Gasteiger partial charge in [0.1, 0.15) is 5.75 Å². The van der Waals surface area contributed by atoms with Crippen LogP contribution in [-0.4, -0.2) is 56.9 Å². The van der Waals surface area contributed by atoms with Gasteiger partial charge in [-0.15, -0.1) is 0 Å². The van der Waals surface area contributed by atoms with Gasteiger partial charge in [-0.05, 0) is 63.9 Å². The fourth-order valence-corrected chi connectivity index (χ4v) is 2.74. The molecule has 2 rings (SSSR count). The second-order valence-corrected chi connectivity index (χ2v) is 7.21. The molecular formula is C23H30N2O2. The summed E-state index contributed by atoms with van der Waals surface area (Å²) >= 11 is 0. The molecule has 0 atom stereocenters. The van der Waals surface area contributed by atoms with Crippen LogP contribution < -0.4 is 4.74 Å². The molecule has 0 bridgehead atoms. The van der Waals surface area contributed by atoms with Gasteiger partial charge >= 0.3 is 0 Å². The standard InChI is InChI=1S/C23H30N2O2/c1-24(2)14-7-15-27-22-11-6-10-21(17-22)23(26)13-12-19-8-5-9-20(16-19)18-25(3)4/h5-6,8-13,16-17H,7,14-15,18H2,1-4H3. The summed E-state index contributed by atoms with van der Waals surface area (Å²) in [6.07, 6.45) is 4.44. The number of hydrogen-bond donors (Lipinski definition) is 0. The van der Waals surface area contributed by atoms with Crippen LogP contribution in [0.25, 0.3) is 6.08 Å². The highest BCUT2D eigenvalue weighted by atomic mass is 16.5. The second kappa shape index (κ2) is 10.7. The van der Waals surface area contributed by atoms with E-state index in [4.69, 9.17) is 4.74 Å². The molecule has 0 aliphatic rings. The number of rotatable bonds is 10. The van der Waals surface area contributed by atoms with Gasteiger partial charge in [-0.2, -0.15) is 0 Å². The SMILES string of the molecule is CN(C)CCCOc1cccc(C(=O)C=Cc2cccc(CN(C)C)c2)c1. The molecule has 0 saturated carbocycles. The molecule has 0 N–H and O–H groups in total. The van der Waals surface area contributed by atoms with E-state index in [-0.39, 0.29) is 5.78 Å². The zero-order chi connectivity index (χ0) is 19.6. The van der Waals surface area contributed by atoms with E-state index in [0.29, 0.717) is 12.2 Å². The first-order chi connectivity index (χ1) is 12.9. The average molecular weight is 367 g/mol. The lowest BCUT2D eigenvalue weighted by molar-refractivity contribution is 0.104. The molecule has 4 heteroatoms. The van der Waals surface area contributed by atoms with Crippen LogP contribution in [0, 0.1) is 0 Å². The zero-order valence-electron chi connectivity index (χ0n) is 16.8. The van der Waals surface area contributed by atoms with E-state index in [2.05, 4.69) is 21.9 Å². The third-order valence-electron chi connectivity index (χ3n) is 4.01. The Morgan fingerprint density at radius 2 is 1.78 bits per heavy atom. The van der Waals surface area contributed by atoms with Crippen LogP contribution >= 0.6 is 0 Å². The Kier molecular flexibility index (Phi) is 8.24. The minimum atomic E-state index is -0.0215. The second-order valence-electron chi connectivity index (χ2n) is 7.21. The molecule has 2 aromatic carbocycles. The number of allylic oxidation sites excluding steroid dienone is 1. The van der Waals surface area contributed by atoms with Crippen molar-refractivity contribution in [1.82, 2.24) is 9.80 Å². The van der Waals surface area contributed by atoms with Crippen molar-refractivity contribution in [3.8, 4) is 5.75 Å². The van der Waals surface area contributed by atoms with Crippen LogP contribution in [0.4, 0.5) is 0 Å². The van der Waals surface area contributed by atoms with Gasteiger partial charge in [0.05, 0.1) is 6.61 Å². The number of ether oxygens (including phenoxy) is 1. The van der Waals surface area contributed by atoms with E-state index in [9.17, 15) is 4.79 Å². The van der Waals surface area contributed by atoms with Gasteiger partial charge in [0.25, 0.3) is 0 Å². The maximum absolute atomic E-state index is 12.5. The van der Waals surface area contributed by atoms with Crippen molar-refractivity contribution >= 4 is 11.9 Å². The zero-order valence-corrected chi connectivity index (χ0v) is 16.8. The number of ketones is 1. The Morgan fingerprint density at radius 1 is 1.00 bits per heavy atom. The topological polar surface area (TPSA) is 32.8 Å². The van der Waals surface area contributed by atoms with E-state index in [1.807, 2.05) is 70.7 Å². The highest BCUT2D eigenvalue weighted by Crippen LogP contribution is 2.15. The Balaban J connectivity index is 1.97. The normalized spacial score (nSPS) is 11.5. The molecule has 0 radical (unpaired) electrons. The van der Waals surface area contributed by atoms with Crippen molar-refractivity contribution in [1.29, 1.82) is 0 Å². The summed E-state index contributed by atoms with van der Waals surface area (Å²) in [4.78, 5) is 16.7. The Hall–Kier alpha value is -2.43. The third kappa shape index (κ3) is 7.77. The van der Waals surface area contributed by atoms with Crippen molar-refractivity contribution in [2.45, 2.75) is 13.0 Å². The minimum absolute atomic E-state index is 0.0215. The van der Waals surface area contributed by atoms with Crippen LogP contribution in [-0.2, 0) is 6.54 Å². The Labute approximate surface area is 163 Å². The highest BCUT2D eigenvalue weighted by Gasteiger charge is 2.04. The molecule has 0 aromatic heterocycles. The smallest absolute Gasteiger partial charge is 0.185 e. The first kappa shape index (κ1) is 20.9. The number of carbonyl (C=O) groups is 1. The van der Waals surface area contributed by atoms with Crippen molar-refractivity contribution in [2.75, 3.05) is 41.3 Å². The summed E-state index contributed by atoms with van der Waals surface area (Å²) < 4.78 is 5.76.